The molecule has 2 aromatic carbocycles. The molecule has 0 atom stereocenters. The fourth-order valence-corrected chi connectivity index (χ4v) is 3.88. The molecule has 0 N–H and O–H groups in total. The quantitative estimate of drug-likeness (QED) is 0.496. The molecule has 8 heteroatoms. The zero-order valence-corrected chi connectivity index (χ0v) is 17.3. The van der Waals surface area contributed by atoms with E-state index in [0.29, 0.717) is 17.5 Å². The number of rotatable bonds is 6. The average Bonchev–Trinajstić information content (AvgIpc) is 3.02. The highest BCUT2D eigenvalue weighted by atomic mass is 79.9. The predicted molar refractivity (Wildman–Crippen MR) is 112 cm³/mol. The van der Waals surface area contributed by atoms with E-state index in [2.05, 4.69) is 26.1 Å². The summed E-state index contributed by atoms with van der Waals surface area (Å²) in [4.78, 5) is 13.9. The molecule has 1 aliphatic heterocycles. The number of ether oxygens (including phenoxy) is 2. The molecule has 0 bridgehead atoms. The highest BCUT2D eigenvalue weighted by Crippen LogP contribution is 2.28. The second-order valence-corrected chi connectivity index (χ2v) is 7.43. The Bertz CT molecular complexity index is 884. The number of amidine groups is 1. The Morgan fingerprint density at radius 3 is 2.63 bits per heavy atom. The third kappa shape index (κ3) is 4.90. The van der Waals surface area contributed by atoms with E-state index in [9.17, 15) is 4.79 Å². The van der Waals surface area contributed by atoms with Crippen LogP contribution in [0.4, 0.5) is 0 Å². The Labute approximate surface area is 170 Å². The molecule has 0 aliphatic carbocycles. The van der Waals surface area contributed by atoms with Gasteiger partial charge in [0.25, 0.3) is 0 Å². The summed E-state index contributed by atoms with van der Waals surface area (Å²) in [5.74, 6) is 1.92. The monoisotopic (exact) mass is 447 g/mol. The highest BCUT2D eigenvalue weighted by molar-refractivity contribution is 9.10. The van der Waals surface area contributed by atoms with Crippen LogP contribution in [-0.4, -0.2) is 42.2 Å². The van der Waals surface area contributed by atoms with Crippen LogP contribution in [0.15, 0.2) is 57.1 Å². The number of thioether (sulfide) groups is 1. The smallest absolute Gasteiger partial charge is 0.239 e. The van der Waals surface area contributed by atoms with Crippen LogP contribution in [0.3, 0.4) is 0 Å². The standard InChI is InChI=1S/C19H18BrN3O3S/c1-25-15-6-3-13(4-7-15)10-21-22-19-23(18(24)12-27-19)11-14-5-8-17(26-2)16(20)9-14/h3-10H,11-12H2,1-2H3/b21-10-,22-19+. The maximum absolute atomic E-state index is 12.2. The van der Waals surface area contributed by atoms with Gasteiger partial charge in [0, 0.05) is 0 Å². The number of benzene rings is 2. The van der Waals surface area contributed by atoms with Gasteiger partial charge < -0.3 is 9.47 Å². The molecule has 0 unspecified atom stereocenters. The van der Waals surface area contributed by atoms with Crippen molar-refractivity contribution in [2.24, 2.45) is 10.2 Å². The second-order valence-electron chi connectivity index (χ2n) is 5.64. The Kier molecular flexibility index (Phi) is 6.52. The molecule has 1 heterocycles. The van der Waals surface area contributed by atoms with Crippen molar-refractivity contribution in [2.75, 3.05) is 20.0 Å². The lowest BCUT2D eigenvalue weighted by atomic mass is 10.2. The van der Waals surface area contributed by atoms with Gasteiger partial charge in [0.15, 0.2) is 5.17 Å². The molecule has 2 aromatic rings. The van der Waals surface area contributed by atoms with Crippen LogP contribution in [0, 0.1) is 0 Å². The van der Waals surface area contributed by atoms with Crippen LogP contribution in [0.2, 0.25) is 0 Å². The van der Waals surface area contributed by atoms with Gasteiger partial charge in [-0.25, -0.2) is 0 Å². The largest absolute Gasteiger partial charge is 0.497 e. The van der Waals surface area contributed by atoms with E-state index >= 15 is 0 Å². The first kappa shape index (κ1) is 19.4. The Hall–Kier alpha value is -2.32. The molecule has 27 heavy (non-hydrogen) atoms. The minimum absolute atomic E-state index is 0.0188. The topological polar surface area (TPSA) is 63.5 Å². The van der Waals surface area contributed by atoms with Crippen molar-refractivity contribution in [1.29, 1.82) is 0 Å². The molecule has 1 aliphatic rings. The van der Waals surface area contributed by atoms with E-state index < -0.39 is 0 Å². The minimum atomic E-state index is 0.0188. The van der Waals surface area contributed by atoms with Crippen molar-refractivity contribution in [3.8, 4) is 11.5 Å². The fraction of sp³-hybridized carbons (Fsp3) is 0.211. The maximum Gasteiger partial charge on any atom is 0.239 e. The van der Waals surface area contributed by atoms with Crippen molar-refractivity contribution in [2.45, 2.75) is 6.54 Å². The molecule has 1 amide bonds. The molecule has 3 rings (SSSR count). The van der Waals surface area contributed by atoms with Crippen LogP contribution in [-0.2, 0) is 11.3 Å². The number of hydrogen-bond donors (Lipinski definition) is 0. The average molecular weight is 448 g/mol. The predicted octanol–water partition coefficient (Wildman–Crippen LogP) is 3.93. The molecule has 6 nitrogen and oxygen atoms in total. The van der Waals surface area contributed by atoms with Crippen LogP contribution >= 0.6 is 27.7 Å². The van der Waals surface area contributed by atoms with Gasteiger partial charge in [-0.3, -0.25) is 9.69 Å². The summed E-state index contributed by atoms with van der Waals surface area (Å²) in [6, 6.07) is 13.2. The van der Waals surface area contributed by atoms with Gasteiger partial charge in [-0.2, -0.15) is 5.10 Å². The van der Waals surface area contributed by atoms with E-state index in [1.54, 1.807) is 25.3 Å². The normalized spacial score (nSPS) is 15.7. The summed E-state index contributed by atoms with van der Waals surface area (Å²) < 4.78 is 11.2. The summed E-state index contributed by atoms with van der Waals surface area (Å²) in [6.45, 7) is 0.436. The number of halogens is 1. The number of nitrogens with zero attached hydrogens (tertiary/aromatic N) is 3. The van der Waals surface area contributed by atoms with Gasteiger partial charge in [0.1, 0.15) is 11.5 Å². The SMILES string of the molecule is COc1ccc(/C=N\N=C2\SCC(=O)N2Cc2ccc(OC)c(Br)c2)cc1. The number of amides is 1. The lowest BCUT2D eigenvalue weighted by molar-refractivity contribution is -0.124. The summed E-state index contributed by atoms with van der Waals surface area (Å²) in [5, 5.41) is 8.95. The molecule has 1 fully saturated rings. The molecule has 140 valence electrons. The third-order valence-electron chi connectivity index (χ3n) is 3.88. The Morgan fingerprint density at radius 2 is 1.96 bits per heavy atom. The minimum Gasteiger partial charge on any atom is -0.497 e. The van der Waals surface area contributed by atoms with Crippen LogP contribution in [0.25, 0.3) is 0 Å². The van der Waals surface area contributed by atoms with Crippen molar-refractivity contribution >= 4 is 45.0 Å². The Balaban J connectivity index is 1.72. The molecule has 0 radical (unpaired) electrons. The van der Waals surface area contributed by atoms with Crippen molar-refractivity contribution in [3.63, 3.8) is 0 Å². The van der Waals surface area contributed by atoms with Gasteiger partial charge in [0.2, 0.25) is 5.91 Å². The number of carbonyl (C=O) groups excluding carboxylic acids is 1. The highest BCUT2D eigenvalue weighted by Gasteiger charge is 2.28. The Morgan fingerprint density at radius 1 is 1.19 bits per heavy atom. The van der Waals surface area contributed by atoms with Crippen LogP contribution in [0.5, 0.6) is 11.5 Å². The molecular weight excluding hydrogens is 430 g/mol. The van der Waals surface area contributed by atoms with Gasteiger partial charge in [-0.05, 0) is 63.5 Å². The van der Waals surface area contributed by atoms with Gasteiger partial charge in [-0.15, -0.1) is 5.10 Å². The van der Waals surface area contributed by atoms with E-state index in [0.717, 1.165) is 27.1 Å². The zero-order valence-electron chi connectivity index (χ0n) is 14.9. The first-order valence-electron chi connectivity index (χ1n) is 8.11. The molecule has 0 aromatic heterocycles. The van der Waals surface area contributed by atoms with E-state index in [4.69, 9.17) is 9.47 Å². The zero-order chi connectivity index (χ0) is 19.2. The third-order valence-corrected chi connectivity index (χ3v) is 5.45. The van der Waals surface area contributed by atoms with E-state index in [1.807, 2.05) is 42.5 Å². The van der Waals surface area contributed by atoms with E-state index in [1.165, 1.54) is 11.8 Å². The van der Waals surface area contributed by atoms with Crippen molar-refractivity contribution in [1.82, 2.24) is 4.90 Å². The molecule has 0 spiro atoms. The molecule has 0 saturated carbocycles. The van der Waals surface area contributed by atoms with Crippen LogP contribution in [0.1, 0.15) is 11.1 Å². The lowest BCUT2D eigenvalue weighted by Gasteiger charge is -2.16. The number of carbonyl (C=O) groups is 1. The second kappa shape index (κ2) is 9.05. The maximum atomic E-state index is 12.2. The van der Waals surface area contributed by atoms with E-state index in [-0.39, 0.29) is 5.91 Å². The van der Waals surface area contributed by atoms with Gasteiger partial charge >= 0.3 is 0 Å². The summed E-state index contributed by atoms with van der Waals surface area (Å²) in [7, 11) is 3.24. The van der Waals surface area contributed by atoms with Gasteiger partial charge in [0.05, 0.1) is 37.2 Å². The summed E-state index contributed by atoms with van der Waals surface area (Å²) in [5.41, 5.74) is 1.88. The summed E-state index contributed by atoms with van der Waals surface area (Å²) >= 11 is 4.86. The van der Waals surface area contributed by atoms with Crippen molar-refractivity contribution < 1.29 is 14.3 Å². The van der Waals surface area contributed by atoms with Crippen LogP contribution < -0.4 is 9.47 Å². The fourth-order valence-electron chi connectivity index (χ4n) is 2.45. The molecular formula is C19H18BrN3O3S. The molecule has 1 saturated heterocycles. The number of hydrogen-bond acceptors (Lipinski definition) is 6. The first-order valence-corrected chi connectivity index (χ1v) is 9.89. The van der Waals surface area contributed by atoms with Crippen molar-refractivity contribution in [3.05, 3.63) is 58.1 Å². The summed E-state index contributed by atoms with van der Waals surface area (Å²) in [6.07, 6.45) is 1.65. The number of methoxy groups -OCH3 is 2. The first-order chi connectivity index (χ1) is 13.1. The van der Waals surface area contributed by atoms with Gasteiger partial charge in [-0.1, -0.05) is 17.8 Å². The lowest BCUT2D eigenvalue weighted by Crippen LogP contribution is -2.28.